The van der Waals surface area contributed by atoms with Gasteiger partial charge in [0.05, 0.1) is 12.2 Å². The average molecular weight is 293 g/mol. The number of hydrogen-bond donors (Lipinski definition) is 1. The molecule has 1 saturated heterocycles. The summed E-state index contributed by atoms with van der Waals surface area (Å²) in [7, 11) is 0. The Kier molecular flexibility index (Phi) is 2.72. The van der Waals surface area contributed by atoms with Crippen LogP contribution in [0.3, 0.4) is 0 Å². The van der Waals surface area contributed by atoms with E-state index in [9.17, 15) is 0 Å². The van der Waals surface area contributed by atoms with E-state index >= 15 is 0 Å². The highest BCUT2D eigenvalue weighted by Crippen LogP contribution is 2.24. The van der Waals surface area contributed by atoms with Crippen molar-refractivity contribution in [3.05, 3.63) is 34.4 Å². The molecular weight excluding hydrogens is 280 g/mol. The molecule has 2 heterocycles. The van der Waals surface area contributed by atoms with Gasteiger partial charge in [0.1, 0.15) is 5.69 Å². The summed E-state index contributed by atoms with van der Waals surface area (Å²) in [6.45, 7) is 4.05. The Labute approximate surface area is 108 Å². The topological polar surface area (TPSA) is 42.7 Å². The zero-order valence-corrected chi connectivity index (χ0v) is 11.1. The van der Waals surface area contributed by atoms with Crippen molar-refractivity contribution in [2.45, 2.75) is 13.0 Å². The van der Waals surface area contributed by atoms with Gasteiger partial charge in [-0.05, 0) is 24.6 Å². The van der Waals surface area contributed by atoms with Gasteiger partial charge in [0.15, 0.2) is 0 Å². The molecular formula is C12H13BrN4. The summed E-state index contributed by atoms with van der Waals surface area (Å²) in [5.74, 6) is 0. The number of aromatic nitrogens is 3. The fourth-order valence-corrected chi connectivity index (χ4v) is 2.10. The summed E-state index contributed by atoms with van der Waals surface area (Å²) in [5.41, 5.74) is 3.26. The Hall–Kier alpha value is -1.20. The highest BCUT2D eigenvalue weighted by atomic mass is 79.9. The van der Waals surface area contributed by atoms with Gasteiger partial charge in [-0.25, -0.2) is 4.68 Å². The quantitative estimate of drug-likeness (QED) is 0.922. The maximum absolute atomic E-state index is 4.23. The van der Waals surface area contributed by atoms with Gasteiger partial charge in [-0.15, -0.1) is 5.10 Å². The first-order valence-electron chi connectivity index (χ1n) is 5.63. The molecule has 0 saturated carbocycles. The fourth-order valence-electron chi connectivity index (χ4n) is 1.85. The standard InChI is InChI=1S/C12H13BrN4/c1-8-4-9(2-3-11(8)13)12-7-17(16-15-12)10-5-14-6-10/h2-4,7,10,14H,5-6H2,1H3. The molecule has 1 aromatic carbocycles. The first-order valence-corrected chi connectivity index (χ1v) is 6.42. The minimum absolute atomic E-state index is 0.466. The van der Waals surface area contributed by atoms with Gasteiger partial charge >= 0.3 is 0 Å². The van der Waals surface area contributed by atoms with Crippen molar-refractivity contribution in [3.63, 3.8) is 0 Å². The van der Waals surface area contributed by atoms with Crippen LogP contribution < -0.4 is 5.32 Å². The van der Waals surface area contributed by atoms with E-state index in [4.69, 9.17) is 0 Å². The molecule has 0 bridgehead atoms. The van der Waals surface area contributed by atoms with E-state index in [1.807, 2.05) is 10.9 Å². The molecule has 1 fully saturated rings. The third-order valence-electron chi connectivity index (χ3n) is 3.10. The van der Waals surface area contributed by atoms with Gasteiger partial charge in [-0.3, -0.25) is 0 Å². The van der Waals surface area contributed by atoms with Crippen LogP contribution >= 0.6 is 15.9 Å². The van der Waals surface area contributed by atoms with Crippen LogP contribution in [0.1, 0.15) is 11.6 Å². The largest absolute Gasteiger partial charge is 0.312 e. The zero-order valence-electron chi connectivity index (χ0n) is 9.52. The van der Waals surface area contributed by atoms with Crippen molar-refractivity contribution >= 4 is 15.9 Å². The molecule has 5 heteroatoms. The maximum atomic E-state index is 4.23. The van der Waals surface area contributed by atoms with Crippen molar-refractivity contribution in [1.82, 2.24) is 20.3 Å². The molecule has 0 radical (unpaired) electrons. The second kappa shape index (κ2) is 4.23. The number of halogens is 1. The van der Waals surface area contributed by atoms with Crippen LogP contribution in [-0.2, 0) is 0 Å². The summed E-state index contributed by atoms with van der Waals surface area (Å²) in [4.78, 5) is 0. The minimum Gasteiger partial charge on any atom is -0.312 e. The molecule has 1 aliphatic heterocycles. The van der Waals surface area contributed by atoms with E-state index in [2.05, 4.69) is 56.7 Å². The lowest BCUT2D eigenvalue weighted by Gasteiger charge is -2.26. The lowest BCUT2D eigenvalue weighted by atomic mass is 10.1. The Morgan fingerprint density at radius 3 is 2.88 bits per heavy atom. The number of hydrogen-bond acceptors (Lipinski definition) is 3. The number of rotatable bonds is 2. The van der Waals surface area contributed by atoms with Crippen molar-refractivity contribution < 1.29 is 0 Å². The van der Waals surface area contributed by atoms with Crippen molar-refractivity contribution in [2.24, 2.45) is 0 Å². The average Bonchev–Trinajstić information content (AvgIpc) is 2.69. The van der Waals surface area contributed by atoms with E-state index in [0.717, 1.165) is 28.8 Å². The van der Waals surface area contributed by atoms with Gasteiger partial charge in [-0.1, -0.05) is 27.2 Å². The van der Waals surface area contributed by atoms with E-state index < -0.39 is 0 Å². The SMILES string of the molecule is Cc1cc(-c2cn(C3CNC3)nn2)ccc1Br. The van der Waals surface area contributed by atoms with Crippen LogP contribution in [0.5, 0.6) is 0 Å². The predicted octanol–water partition coefficient (Wildman–Crippen LogP) is 2.16. The highest BCUT2D eigenvalue weighted by Gasteiger charge is 2.20. The molecule has 0 aliphatic carbocycles. The van der Waals surface area contributed by atoms with Gasteiger partial charge in [0.25, 0.3) is 0 Å². The molecule has 17 heavy (non-hydrogen) atoms. The summed E-state index contributed by atoms with van der Waals surface area (Å²) in [6.07, 6.45) is 2.02. The normalized spacial score (nSPS) is 15.9. The molecule has 2 aromatic rings. The van der Waals surface area contributed by atoms with Crippen LogP contribution in [0.2, 0.25) is 0 Å². The lowest BCUT2D eigenvalue weighted by molar-refractivity contribution is 0.313. The van der Waals surface area contributed by atoms with Crippen LogP contribution in [0, 0.1) is 6.92 Å². The van der Waals surface area contributed by atoms with E-state index in [-0.39, 0.29) is 0 Å². The van der Waals surface area contributed by atoms with Crippen molar-refractivity contribution in [2.75, 3.05) is 13.1 Å². The van der Waals surface area contributed by atoms with Gasteiger partial charge < -0.3 is 5.32 Å². The molecule has 0 spiro atoms. The Balaban J connectivity index is 1.92. The maximum Gasteiger partial charge on any atom is 0.113 e. The summed E-state index contributed by atoms with van der Waals surface area (Å²) in [6, 6.07) is 6.70. The first-order chi connectivity index (χ1) is 8.24. The van der Waals surface area contributed by atoms with Crippen molar-refractivity contribution in [1.29, 1.82) is 0 Å². The van der Waals surface area contributed by atoms with Crippen LogP contribution in [0.25, 0.3) is 11.3 Å². The Morgan fingerprint density at radius 1 is 1.41 bits per heavy atom. The number of aryl methyl sites for hydroxylation is 1. The zero-order chi connectivity index (χ0) is 11.8. The second-order valence-corrected chi connectivity index (χ2v) is 5.21. The monoisotopic (exact) mass is 292 g/mol. The van der Waals surface area contributed by atoms with Crippen molar-refractivity contribution in [3.8, 4) is 11.3 Å². The minimum atomic E-state index is 0.466. The summed E-state index contributed by atoms with van der Waals surface area (Å²) in [5, 5.41) is 11.6. The van der Waals surface area contributed by atoms with Crippen LogP contribution in [0.15, 0.2) is 28.9 Å². The predicted molar refractivity (Wildman–Crippen MR) is 69.8 cm³/mol. The summed E-state index contributed by atoms with van der Waals surface area (Å²) >= 11 is 3.50. The first kappa shape index (κ1) is 10.9. The number of nitrogens with zero attached hydrogens (tertiary/aromatic N) is 3. The Morgan fingerprint density at radius 2 is 2.24 bits per heavy atom. The molecule has 1 aliphatic rings. The highest BCUT2D eigenvalue weighted by molar-refractivity contribution is 9.10. The number of benzene rings is 1. The molecule has 1 N–H and O–H groups in total. The second-order valence-electron chi connectivity index (χ2n) is 4.36. The molecule has 88 valence electrons. The molecule has 0 atom stereocenters. The molecule has 1 aromatic heterocycles. The van der Waals surface area contributed by atoms with Gasteiger partial charge in [-0.2, -0.15) is 0 Å². The van der Waals surface area contributed by atoms with E-state index in [1.165, 1.54) is 5.56 Å². The third-order valence-corrected chi connectivity index (χ3v) is 3.99. The number of nitrogens with one attached hydrogen (secondary N) is 1. The molecule has 0 unspecified atom stereocenters. The van der Waals surface area contributed by atoms with Crippen LogP contribution in [0.4, 0.5) is 0 Å². The molecule has 4 nitrogen and oxygen atoms in total. The van der Waals surface area contributed by atoms with Crippen LogP contribution in [-0.4, -0.2) is 28.1 Å². The fraction of sp³-hybridized carbons (Fsp3) is 0.333. The summed E-state index contributed by atoms with van der Waals surface area (Å²) < 4.78 is 3.07. The Bertz CT molecular complexity index is 545. The molecule has 0 amide bonds. The third kappa shape index (κ3) is 2.00. The van der Waals surface area contributed by atoms with E-state index in [0.29, 0.717) is 6.04 Å². The van der Waals surface area contributed by atoms with Gasteiger partial charge in [0, 0.05) is 23.1 Å². The molecule has 3 rings (SSSR count). The van der Waals surface area contributed by atoms with Gasteiger partial charge in [0.2, 0.25) is 0 Å². The van der Waals surface area contributed by atoms with E-state index in [1.54, 1.807) is 0 Å². The lowest BCUT2D eigenvalue weighted by Crippen LogP contribution is -2.43. The smallest absolute Gasteiger partial charge is 0.113 e.